The number of nitrogens with one attached hydrogen (secondary N) is 3. The van der Waals surface area contributed by atoms with E-state index in [2.05, 4.69) is 25.8 Å². The highest BCUT2D eigenvalue weighted by atomic mass is 35.5. The lowest BCUT2D eigenvalue weighted by atomic mass is 9.81. The molecule has 4 amide bonds. The normalized spacial score (nSPS) is 20.8. The first-order valence-corrected chi connectivity index (χ1v) is 12.9. The zero-order valence-electron chi connectivity index (χ0n) is 20.7. The van der Waals surface area contributed by atoms with Gasteiger partial charge in [0, 0.05) is 54.7 Å². The third kappa shape index (κ3) is 6.98. The van der Waals surface area contributed by atoms with Crippen LogP contribution >= 0.6 is 35.3 Å². The second-order valence-corrected chi connectivity index (χ2v) is 10.9. The zero-order valence-corrected chi connectivity index (χ0v) is 23.1. The first-order chi connectivity index (χ1) is 17.1. The van der Waals surface area contributed by atoms with Crippen molar-refractivity contribution in [3.05, 3.63) is 44.9 Å². The molecule has 1 aromatic heterocycles. The SMILES string of the molecule is CN1Cc2nc(C(=O)N[C@@H]3C[C@@H](C(=O)N(C)C)CC[C@@H]3NC(=O)C(=O)Nc3ccc(Cl)cc3)sc2C1.Cl. The van der Waals surface area contributed by atoms with Crippen LogP contribution in [0.5, 0.6) is 0 Å². The van der Waals surface area contributed by atoms with E-state index in [9.17, 15) is 19.2 Å². The van der Waals surface area contributed by atoms with Gasteiger partial charge in [0.1, 0.15) is 0 Å². The van der Waals surface area contributed by atoms with Gasteiger partial charge in [-0.05, 0) is 50.6 Å². The van der Waals surface area contributed by atoms with E-state index < -0.39 is 23.9 Å². The fourth-order valence-corrected chi connectivity index (χ4v) is 5.74. The maximum Gasteiger partial charge on any atom is 0.313 e. The maximum absolute atomic E-state index is 13.1. The Morgan fingerprint density at radius 3 is 2.38 bits per heavy atom. The smallest absolute Gasteiger partial charge is 0.313 e. The number of fused-ring (bicyclic) bond motifs is 1. The molecule has 3 N–H and O–H groups in total. The fraction of sp³-hybridized carbons (Fsp3) is 0.458. The van der Waals surface area contributed by atoms with Crippen molar-refractivity contribution in [3.8, 4) is 0 Å². The van der Waals surface area contributed by atoms with Crippen molar-refractivity contribution in [3.63, 3.8) is 0 Å². The second kappa shape index (κ2) is 12.2. The fourth-order valence-electron chi connectivity index (χ4n) is 4.56. The number of halogens is 2. The standard InChI is InChI=1S/C24H29ClN6O4S.ClH/c1-30(2)24(35)13-4-9-16(27-21(33)20(32)26-15-7-5-14(25)6-8-15)17(10-13)28-22(34)23-29-18-11-31(3)12-19(18)36-23;/h5-8,13,16-17H,4,9-12H2,1-3H3,(H,26,32)(H,27,33)(H,28,34);1H/t13-,16-,17+;/m0./s1. The molecule has 1 fully saturated rings. The van der Waals surface area contributed by atoms with Crippen LogP contribution in [0.25, 0.3) is 0 Å². The lowest BCUT2D eigenvalue weighted by molar-refractivity contribution is -0.137. The molecule has 2 aromatic rings. The predicted molar refractivity (Wildman–Crippen MR) is 144 cm³/mol. The average Bonchev–Trinajstić information content (AvgIpc) is 3.38. The van der Waals surface area contributed by atoms with E-state index in [1.807, 2.05) is 7.05 Å². The Morgan fingerprint density at radius 2 is 1.73 bits per heavy atom. The summed E-state index contributed by atoms with van der Waals surface area (Å²) in [5, 5.41) is 9.13. The first-order valence-electron chi connectivity index (χ1n) is 11.7. The summed E-state index contributed by atoms with van der Waals surface area (Å²) in [5.74, 6) is -2.31. The van der Waals surface area contributed by atoms with E-state index in [0.29, 0.717) is 41.5 Å². The van der Waals surface area contributed by atoms with Gasteiger partial charge in [0.2, 0.25) is 5.91 Å². The lowest BCUT2D eigenvalue weighted by Gasteiger charge is -2.37. The van der Waals surface area contributed by atoms with Gasteiger partial charge in [0.15, 0.2) is 5.01 Å². The van der Waals surface area contributed by atoms with E-state index in [1.54, 1.807) is 38.4 Å². The molecule has 37 heavy (non-hydrogen) atoms. The van der Waals surface area contributed by atoms with Crippen molar-refractivity contribution >= 4 is 64.7 Å². The molecule has 1 saturated carbocycles. The molecule has 0 unspecified atom stereocenters. The maximum atomic E-state index is 13.1. The monoisotopic (exact) mass is 568 g/mol. The van der Waals surface area contributed by atoms with Crippen molar-refractivity contribution < 1.29 is 19.2 Å². The molecule has 0 spiro atoms. The second-order valence-electron chi connectivity index (χ2n) is 9.42. The minimum Gasteiger partial charge on any atom is -0.349 e. The third-order valence-electron chi connectivity index (χ3n) is 6.39. The van der Waals surface area contributed by atoms with E-state index in [-0.39, 0.29) is 30.1 Å². The van der Waals surface area contributed by atoms with Crippen molar-refractivity contribution in [2.75, 3.05) is 26.5 Å². The number of carbonyl (C=O) groups is 4. The lowest BCUT2D eigenvalue weighted by Crippen LogP contribution is -2.57. The first kappa shape index (κ1) is 28.8. The quantitative estimate of drug-likeness (QED) is 0.475. The van der Waals surface area contributed by atoms with Crippen LogP contribution in [0, 0.1) is 5.92 Å². The Morgan fingerprint density at radius 1 is 1.03 bits per heavy atom. The molecule has 4 rings (SSSR count). The van der Waals surface area contributed by atoms with Crippen molar-refractivity contribution in [2.45, 2.75) is 44.4 Å². The number of hydrogen-bond acceptors (Lipinski definition) is 7. The molecule has 0 saturated heterocycles. The molecule has 10 nitrogen and oxygen atoms in total. The number of amides is 4. The molecule has 3 atom stereocenters. The Kier molecular flexibility index (Phi) is 9.51. The van der Waals surface area contributed by atoms with Crippen LogP contribution in [0.1, 0.15) is 39.6 Å². The summed E-state index contributed by atoms with van der Waals surface area (Å²) in [6.07, 6.45) is 1.32. The van der Waals surface area contributed by atoms with Gasteiger partial charge >= 0.3 is 11.8 Å². The Hall–Kier alpha value is -2.73. The van der Waals surface area contributed by atoms with Crippen molar-refractivity contribution in [1.29, 1.82) is 0 Å². The molecule has 0 bridgehead atoms. The van der Waals surface area contributed by atoms with Crippen LogP contribution < -0.4 is 16.0 Å². The minimum atomic E-state index is -0.825. The number of hydrogen-bond donors (Lipinski definition) is 3. The molecule has 1 aliphatic carbocycles. The molecular weight excluding hydrogens is 539 g/mol. The zero-order chi connectivity index (χ0) is 26.0. The van der Waals surface area contributed by atoms with E-state index in [1.165, 1.54) is 16.2 Å². The number of thiazole rings is 1. The number of anilines is 1. The van der Waals surface area contributed by atoms with Crippen LogP contribution in [-0.4, -0.2) is 71.6 Å². The highest BCUT2D eigenvalue weighted by molar-refractivity contribution is 7.13. The Labute approximate surface area is 230 Å². The van der Waals surface area contributed by atoms with Crippen LogP contribution in [0.3, 0.4) is 0 Å². The van der Waals surface area contributed by atoms with Gasteiger partial charge < -0.3 is 20.9 Å². The topological polar surface area (TPSA) is 124 Å². The predicted octanol–water partition coefficient (Wildman–Crippen LogP) is 2.27. The van der Waals surface area contributed by atoms with E-state index in [0.717, 1.165) is 17.1 Å². The molecule has 2 heterocycles. The van der Waals surface area contributed by atoms with E-state index in [4.69, 9.17) is 11.6 Å². The largest absolute Gasteiger partial charge is 0.349 e. The molecule has 0 radical (unpaired) electrons. The highest BCUT2D eigenvalue weighted by Gasteiger charge is 2.37. The molecule has 13 heteroatoms. The summed E-state index contributed by atoms with van der Waals surface area (Å²) in [5.41, 5.74) is 1.34. The summed E-state index contributed by atoms with van der Waals surface area (Å²) in [6.45, 7) is 1.45. The number of nitrogens with zero attached hydrogens (tertiary/aromatic N) is 3. The van der Waals surface area contributed by atoms with Crippen LogP contribution in [0.15, 0.2) is 24.3 Å². The summed E-state index contributed by atoms with van der Waals surface area (Å²) in [7, 11) is 5.38. The van der Waals surface area contributed by atoms with Crippen LogP contribution in [0.2, 0.25) is 5.02 Å². The van der Waals surface area contributed by atoms with Gasteiger partial charge in [-0.25, -0.2) is 4.98 Å². The average molecular weight is 570 g/mol. The Balaban J connectivity index is 0.00000380. The molecule has 1 aromatic carbocycles. The van der Waals surface area contributed by atoms with Gasteiger partial charge in [-0.1, -0.05) is 11.6 Å². The van der Waals surface area contributed by atoms with Crippen LogP contribution in [0.4, 0.5) is 5.69 Å². The number of carbonyl (C=O) groups excluding carboxylic acids is 4. The van der Waals surface area contributed by atoms with Gasteiger partial charge in [-0.2, -0.15) is 0 Å². The number of benzene rings is 1. The molecule has 1 aliphatic heterocycles. The van der Waals surface area contributed by atoms with Gasteiger partial charge in [0.25, 0.3) is 5.91 Å². The van der Waals surface area contributed by atoms with Gasteiger partial charge in [0.05, 0.1) is 11.7 Å². The molecular formula is C24H30Cl2N6O4S. The van der Waals surface area contributed by atoms with Crippen molar-refractivity contribution in [1.82, 2.24) is 25.4 Å². The summed E-state index contributed by atoms with van der Waals surface area (Å²) in [6, 6.07) is 5.36. The summed E-state index contributed by atoms with van der Waals surface area (Å²) < 4.78 is 0. The van der Waals surface area contributed by atoms with Crippen LogP contribution in [-0.2, 0) is 27.5 Å². The number of rotatable bonds is 5. The minimum absolute atomic E-state index is 0. The van der Waals surface area contributed by atoms with E-state index >= 15 is 0 Å². The summed E-state index contributed by atoms with van der Waals surface area (Å²) in [4.78, 5) is 60.1. The highest BCUT2D eigenvalue weighted by Crippen LogP contribution is 2.29. The molecule has 200 valence electrons. The number of aromatic nitrogens is 1. The Bertz CT molecular complexity index is 1150. The van der Waals surface area contributed by atoms with Gasteiger partial charge in [-0.15, -0.1) is 23.7 Å². The summed E-state index contributed by atoms with van der Waals surface area (Å²) >= 11 is 7.22. The third-order valence-corrected chi connectivity index (χ3v) is 7.72. The van der Waals surface area contributed by atoms with Crippen molar-refractivity contribution in [2.24, 2.45) is 5.92 Å². The van der Waals surface area contributed by atoms with Gasteiger partial charge in [-0.3, -0.25) is 24.1 Å². The molecule has 2 aliphatic rings.